The van der Waals surface area contributed by atoms with Crippen LogP contribution in [0.3, 0.4) is 0 Å². The molecule has 16 heteroatoms. The molecule has 3 aromatic rings. The number of carbonyl (C=O) groups is 1. The van der Waals surface area contributed by atoms with Crippen molar-refractivity contribution in [3.05, 3.63) is 42.0 Å². The molecule has 1 fully saturated rings. The maximum atomic E-state index is 15.4. The number of aromatic nitrogens is 4. The van der Waals surface area contributed by atoms with Crippen LogP contribution in [0.1, 0.15) is 22.5 Å². The van der Waals surface area contributed by atoms with Gasteiger partial charge in [0.1, 0.15) is 10.7 Å². The number of ether oxygens (including phenoxy) is 2. The van der Waals surface area contributed by atoms with Crippen molar-refractivity contribution in [2.24, 2.45) is 5.92 Å². The summed E-state index contributed by atoms with van der Waals surface area (Å²) in [6, 6.07) is 1.64. The fourth-order valence-corrected chi connectivity index (χ4v) is 5.80. The molecule has 1 saturated heterocycles. The Balaban J connectivity index is 1.49. The van der Waals surface area contributed by atoms with Crippen LogP contribution in [0.4, 0.5) is 27.6 Å². The van der Waals surface area contributed by atoms with Crippen molar-refractivity contribution in [2.75, 3.05) is 58.4 Å². The second-order valence-corrected chi connectivity index (χ2v) is 11.3. The minimum Gasteiger partial charge on any atom is -0.379 e. The van der Waals surface area contributed by atoms with Gasteiger partial charge in [0, 0.05) is 37.3 Å². The first-order valence-electron chi connectivity index (χ1n) is 13.5. The Kier molecular flexibility index (Phi) is 9.45. The molecule has 5 heterocycles. The first-order valence-corrected chi connectivity index (χ1v) is 14.4. The maximum absolute atomic E-state index is 15.4. The number of nitrogens with one attached hydrogen (secondary N) is 2. The van der Waals surface area contributed by atoms with Gasteiger partial charge in [-0.1, -0.05) is 5.92 Å². The van der Waals surface area contributed by atoms with Gasteiger partial charge in [-0.15, -0.1) is 0 Å². The zero-order valence-corrected chi connectivity index (χ0v) is 24.0. The number of fused-ring (bicyclic) bond motifs is 4. The zero-order valence-electron chi connectivity index (χ0n) is 23.2. The molecule has 232 valence electrons. The first kappa shape index (κ1) is 31.0. The average Bonchev–Trinajstić information content (AvgIpc) is 3.53. The van der Waals surface area contributed by atoms with Crippen molar-refractivity contribution in [3.63, 3.8) is 0 Å². The Hall–Kier alpha value is -3.39. The third kappa shape index (κ3) is 7.77. The van der Waals surface area contributed by atoms with Gasteiger partial charge in [0.25, 0.3) is 11.8 Å². The minimum atomic E-state index is -4.66. The highest BCUT2D eigenvalue weighted by molar-refractivity contribution is 8.00. The molecule has 4 bridgehead atoms. The minimum absolute atomic E-state index is 0.0234. The Morgan fingerprint density at radius 1 is 1.19 bits per heavy atom. The number of pyridine rings is 1. The molecule has 5 rings (SSSR count). The smallest absolute Gasteiger partial charge is 0.379 e. The van der Waals surface area contributed by atoms with Gasteiger partial charge >= 0.3 is 5.51 Å². The molecule has 2 atom stereocenters. The van der Waals surface area contributed by atoms with Gasteiger partial charge in [-0.25, -0.2) is 13.8 Å². The van der Waals surface area contributed by atoms with Gasteiger partial charge in [0.15, 0.2) is 5.65 Å². The highest BCUT2D eigenvalue weighted by Gasteiger charge is 2.49. The molecule has 0 aliphatic carbocycles. The van der Waals surface area contributed by atoms with E-state index in [9.17, 15) is 18.0 Å². The van der Waals surface area contributed by atoms with Crippen LogP contribution in [0.15, 0.2) is 35.7 Å². The molecule has 0 unspecified atom stereocenters. The molecule has 2 N–H and O–H groups in total. The quantitative estimate of drug-likeness (QED) is 0.241. The number of nitrogens with zero attached hydrogens (tertiary/aromatic N) is 5. The Bertz CT molecular complexity index is 1500. The van der Waals surface area contributed by atoms with E-state index in [1.807, 2.05) is 0 Å². The summed E-state index contributed by atoms with van der Waals surface area (Å²) in [7, 11) is 1.62. The van der Waals surface area contributed by atoms with Crippen molar-refractivity contribution >= 4 is 29.0 Å². The van der Waals surface area contributed by atoms with Crippen molar-refractivity contribution < 1.29 is 36.2 Å². The molecule has 2 aliphatic rings. The molecular weight excluding hydrogens is 597 g/mol. The summed E-state index contributed by atoms with van der Waals surface area (Å²) in [4.78, 5) is 18.4. The van der Waals surface area contributed by atoms with Crippen LogP contribution >= 0.6 is 11.8 Å². The number of anilines is 1. The number of likely N-dealkylation sites (tertiary alicyclic amines) is 1. The normalized spacial score (nSPS) is 22.7. The Morgan fingerprint density at radius 3 is 2.77 bits per heavy atom. The lowest BCUT2D eigenvalue weighted by atomic mass is 9.87. The standard InChI is InChI=1S/C27H30F5N7O3S/c1-37-15-18-6-10-41-12-13-42-11-9-38-16-19(14-34-38)24(40)33-7-2-4-21-25(43-27(30,31)32)39-8-3-5-20(23(39)36-21)35-22(18)26(28,29)17-37/h3,5,8,14,16,18,22,35H,6-7,9-13,15,17H2,1H3,(H,33,40)/t18-,22+/m0/s1. The number of rotatable bonds is 1. The van der Waals surface area contributed by atoms with E-state index in [0.29, 0.717) is 26.1 Å². The molecule has 3 aromatic heterocycles. The van der Waals surface area contributed by atoms with Crippen molar-refractivity contribution in [2.45, 2.75) is 35.5 Å². The van der Waals surface area contributed by atoms with Gasteiger partial charge in [0.2, 0.25) is 0 Å². The maximum Gasteiger partial charge on any atom is 0.447 e. The van der Waals surface area contributed by atoms with E-state index in [2.05, 4.69) is 32.6 Å². The Labute approximate surface area is 248 Å². The van der Waals surface area contributed by atoms with Crippen LogP contribution in [0.2, 0.25) is 0 Å². The van der Waals surface area contributed by atoms with E-state index in [4.69, 9.17) is 9.47 Å². The highest BCUT2D eigenvalue weighted by atomic mass is 32.2. The van der Waals surface area contributed by atoms with E-state index in [0.717, 1.165) is 0 Å². The van der Waals surface area contributed by atoms with Gasteiger partial charge in [-0.2, -0.15) is 18.3 Å². The number of carbonyl (C=O) groups excluding carboxylic acids is 1. The number of halogens is 5. The number of alkyl halides is 5. The van der Waals surface area contributed by atoms with Crippen molar-refractivity contribution in [1.82, 2.24) is 29.4 Å². The molecular formula is C27H30F5N7O3S. The third-order valence-corrected chi connectivity index (χ3v) is 7.81. The summed E-state index contributed by atoms with van der Waals surface area (Å²) in [5, 5.41) is 9.30. The molecule has 0 aromatic carbocycles. The summed E-state index contributed by atoms with van der Waals surface area (Å²) in [5.74, 6) is 1.10. The summed E-state index contributed by atoms with van der Waals surface area (Å²) in [6.45, 7) is 1.19. The number of thioether (sulfide) groups is 1. The average molecular weight is 628 g/mol. The van der Waals surface area contributed by atoms with Crippen molar-refractivity contribution in [3.8, 4) is 11.8 Å². The van der Waals surface area contributed by atoms with Gasteiger partial charge in [-0.3, -0.25) is 13.9 Å². The van der Waals surface area contributed by atoms with Crippen LogP contribution in [0.5, 0.6) is 0 Å². The number of imidazole rings is 1. The third-order valence-electron chi connectivity index (χ3n) is 6.99. The van der Waals surface area contributed by atoms with Crippen LogP contribution in [-0.2, 0) is 16.0 Å². The molecule has 43 heavy (non-hydrogen) atoms. The van der Waals surface area contributed by atoms with E-state index >= 15 is 8.78 Å². The largest absolute Gasteiger partial charge is 0.447 e. The monoisotopic (exact) mass is 627 g/mol. The van der Waals surface area contributed by atoms with Gasteiger partial charge in [0.05, 0.1) is 62.9 Å². The number of hydrogen-bond acceptors (Lipinski definition) is 8. The predicted molar refractivity (Wildman–Crippen MR) is 148 cm³/mol. The lowest BCUT2D eigenvalue weighted by Crippen LogP contribution is -2.58. The Morgan fingerprint density at radius 2 is 1.98 bits per heavy atom. The topological polar surface area (TPSA) is 98.0 Å². The van der Waals surface area contributed by atoms with Crippen LogP contribution in [0, 0.1) is 17.8 Å². The molecule has 1 amide bonds. The van der Waals surface area contributed by atoms with E-state index in [1.165, 1.54) is 28.9 Å². The lowest BCUT2D eigenvalue weighted by molar-refractivity contribution is -0.0931. The molecule has 10 nitrogen and oxygen atoms in total. The molecule has 2 aliphatic heterocycles. The van der Waals surface area contributed by atoms with Gasteiger partial charge < -0.3 is 25.0 Å². The lowest BCUT2D eigenvalue weighted by Gasteiger charge is -2.43. The number of amides is 1. The second-order valence-electron chi connectivity index (χ2n) is 10.3. The molecule has 0 radical (unpaired) electrons. The number of hydrogen-bond donors (Lipinski definition) is 2. The number of piperidine rings is 1. The molecule has 0 spiro atoms. The van der Waals surface area contributed by atoms with E-state index in [-0.39, 0.29) is 54.0 Å². The van der Waals surface area contributed by atoms with Crippen molar-refractivity contribution in [1.29, 1.82) is 0 Å². The second kappa shape index (κ2) is 13.1. The van der Waals surface area contributed by atoms with Crippen LogP contribution in [-0.4, -0.2) is 101 Å². The van der Waals surface area contributed by atoms with E-state index in [1.54, 1.807) is 22.8 Å². The zero-order chi connectivity index (χ0) is 30.6. The van der Waals surface area contributed by atoms with Gasteiger partial charge in [-0.05, 0) is 37.4 Å². The highest BCUT2D eigenvalue weighted by Crippen LogP contribution is 2.40. The first-order chi connectivity index (χ1) is 20.5. The summed E-state index contributed by atoms with van der Waals surface area (Å²) in [6.07, 6.45) is 4.62. The molecule has 0 saturated carbocycles. The predicted octanol–water partition coefficient (Wildman–Crippen LogP) is 3.34. The summed E-state index contributed by atoms with van der Waals surface area (Å²) >= 11 is -0.403. The fourth-order valence-electron chi connectivity index (χ4n) is 5.14. The SMILES string of the molecule is CN1C[C@@H]2CCOCCOCCn3cc(cn3)C(=O)NCC#Cc3nc4c(cccn4c3SC(F)(F)F)N[C@H]2C(F)(F)C1. The summed E-state index contributed by atoms with van der Waals surface area (Å²) in [5.41, 5.74) is -4.41. The van der Waals surface area contributed by atoms with Crippen LogP contribution in [0.25, 0.3) is 5.65 Å². The van der Waals surface area contributed by atoms with E-state index < -0.39 is 47.6 Å². The van der Waals surface area contributed by atoms with Crippen LogP contribution < -0.4 is 10.6 Å². The fraction of sp³-hybridized carbons (Fsp3) is 0.519. The summed E-state index contributed by atoms with van der Waals surface area (Å²) < 4.78 is 85.5.